The fourth-order valence-corrected chi connectivity index (χ4v) is 2.09. The summed E-state index contributed by atoms with van der Waals surface area (Å²) < 4.78 is 1.22. The molecule has 1 amide bonds. The summed E-state index contributed by atoms with van der Waals surface area (Å²) in [5.41, 5.74) is 1.29. The number of H-pyrrole nitrogens is 2. The molecule has 11 heteroatoms. The summed E-state index contributed by atoms with van der Waals surface area (Å²) in [4.78, 5) is 38.8. The highest BCUT2D eigenvalue weighted by atomic mass is 35.5. The average Bonchev–Trinajstić information content (AvgIpc) is 3.08. The summed E-state index contributed by atoms with van der Waals surface area (Å²) in [6.07, 6.45) is 4.04. The van der Waals surface area contributed by atoms with E-state index in [0.29, 0.717) is 24.5 Å². The summed E-state index contributed by atoms with van der Waals surface area (Å²) in [6.45, 7) is 2.22. The number of nitrogens with zero attached hydrogens (tertiary/aromatic N) is 4. The first-order valence-electron chi connectivity index (χ1n) is 6.81. The van der Waals surface area contributed by atoms with Gasteiger partial charge in [0.25, 0.3) is 11.3 Å². The second-order valence-electron chi connectivity index (χ2n) is 4.90. The van der Waals surface area contributed by atoms with Crippen molar-refractivity contribution in [3.63, 3.8) is 0 Å². The summed E-state index contributed by atoms with van der Waals surface area (Å²) in [5.74, 6) is 0.489. The quantitative estimate of drug-likeness (QED) is 0.589. The molecule has 0 aromatic carbocycles. The van der Waals surface area contributed by atoms with Gasteiger partial charge in [0.15, 0.2) is 0 Å². The van der Waals surface area contributed by atoms with Crippen molar-refractivity contribution < 1.29 is 4.79 Å². The molecule has 3 rings (SSSR count). The number of hydrogen-bond acceptors (Lipinski definition) is 5. The third-order valence-electron chi connectivity index (χ3n) is 3.10. The van der Waals surface area contributed by atoms with Crippen LogP contribution in [0.3, 0.4) is 0 Å². The zero-order chi connectivity index (χ0) is 15.5. The van der Waals surface area contributed by atoms with Gasteiger partial charge >= 0.3 is 0 Å². The molecule has 0 aliphatic carbocycles. The fraction of sp³-hybridized carbons (Fsp3) is 0.308. The van der Waals surface area contributed by atoms with Crippen molar-refractivity contribution in [2.45, 2.75) is 19.8 Å². The minimum Gasteiger partial charge on any atom is -0.355 e. The monoisotopic (exact) mass is 373 g/mol. The number of nitrogens with one attached hydrogen (secondary N) is 3. The smallest absolute Gasteiger partial charge is 0.274 e. The normalized spacial score (nSPS) is 10.0. The highest BCUT2D eigenvalue weighted by Crippen LogP contribution is 1.98. The van der Waals surface area contributed by atoms with E-state index in [0.717, 1.165) is 5.69 Å². The second-order valence-corrected chi connectivity index (χ2v) is 4.90. The Kier molecular flexibility index (Phi) is 6.93. The average molecular weight is 374 g/mol. The van der Waals surface area contributed by atoms with Crippen LogP contribution in [0.25, 0.3) is 5.78 Å². The maximum absolute atomic E-state index is 11.9. The van der Waals surface area contributed by atoms with Gasteiger partial charge in [-0.3, -0.25) is 14.7 Å². The number of hydrogen-bond donors (Lipinski definition) is 3. The Hall–Kier alpha value is -2.39. The van der Waals surface area contributed by atoms with Crippen molar-refractivity contribution in [1.29, 1.82) is 0 Å². The lowest BCUT2D eigenvalue weighted by Crippen LogP contribution is -2.27. The molecule has 0 spiro atoms. The molecule has 0 aliphatic heterocycles. The molecule has 3 aromatic heterocycles. The molecule has 3 heterocycles. The Morgan fingerprint density at radius 3 is 2.83 bits per heavy atom. The molecule has 9 nitrogen and oxygen atoms in total. The van der Waals surface area contributed by atoms with E-state index in [-0.39, 0.29) is 48.5 Å². The van der Waals surface area contributed by atoms with Crippen molar-refractivity contribution in [1.82, 2.24) is 34.9 Å². The summed E-state index contributed by atoms with van der Waals surface area (Å²) in [6, 6.07) is 1.40. The zero-order valence-corrected chi connectivity index (χ0v) is 14.4. The molecule has 0 aliphatic rings. The van der Waals surface area contributed by atoms with E-state index in [9.17, 15) is 9.59 Å². The number of aromatic amines is 2. The second kappa shape index (κ2) is 8.46. The van der Waals surface area contributed by atoms with Crippen LogP contribution in [0.4, 0.5) is 0 Å². The first kappa shape index (κ1) is 19.7. The number of rotatable bonds is 5. The first-order valence-corrected chi connectivity index (χ1v) is 6.81. The molecule has 3 N–H and O–H groups in total. The molecule has 0 atom stereocenters. The van der Waals surface area contributed by atoms with E-state index in [1.807, 2.05) is 0 Å². The predicted molar refractivity (Wildman–Crippen MR) is 91.8 cm³/mol. The van der Waals surface area contributed by atoms with Crippen LogP contribution in [0.5, 0.6) is 0 Å². The van der Waals surface area contributed by atoms with Crippen molar-refractivity contribution in [2.75, 3.05) is 6.54 Å². The van der Waals surface area contributed by atoms with E-state index < -0.39 is 0 Å². The van der Waals surface area contributed by atoms with Crippen molar-refractivity contribution in [2.24, 2.45) is 0 Å². The Morgan fingerprint density at radius 1 is 1.33 bits per heavy atom. The predicted octanol–water partition coefficient (Wildman–Crippen LogP) is 0.194. The number of carbonyl (C=O) groups is 1. The highest BCUT2D eigenvalue weighted by Gasteiger charge is 2.10. The van der Waals surface area contributed by atoms with Gasteiger partial charge in [-0.25, -0.2) is 9.97 Å². The van der Waals surface area contributed by atoms with Gasteiger partial charge in [-0.05, 0) is 6.92 Å². The van der Waals surface area contributed by atoms with Gasteiger partial charge in [0.05, 0.1) is 12.7 Å². The number of imidazole rings is 1. The van der Waals surface area contributed by atoms with E-state index in [2.05, 4.69) is 30.4 Å². The summed E-state index contributed by atoms with van der Waals surface area (Å²) >= 11 is 0. The highest BCUT2D eigenvalue weighted by molar-refractivity contribution is 5.85. The maximum atomic E-state index is 11.9. The van der Waals surface area contributed by atoms with Crippen LogP contribution in [0.1, 0.15) is 17.2 Å². The minimum absolute atomic E-state index is 0. The summed E-state index contributed by atoms with van der Waals surface area (Å²) in [7, 11) is 0. The van der Waals surface area contributed by atoms with Gasteiger partial charge in [-0.1, -0.05) is 0 Å². The lowest BCUT2D eigenvalue weighted by Gasteiger charge is -2.02. The lowest BCUT2D eigenvalue weighted by molar-refractivity contribution is -0.120. The molecule has 0 saturated heterocycles. The van der Waals surface area contributed by atoms with Gasteiger partial charge in [0, 0.05) is 36.6 Å². The van der Waals surface area contributed by atoms with Crippen molar-refractivity contribution in [3.05, 3.63) is 46.2 Å². The Morgan fingerprint density at radius 2 is 2.12 bits per heavy atom. The number of halogens is 2. The first-order chi connectivity index (χ1) is 10.6. The molecule has 3 aromatic rings. The van der Waals surface area contributed by atoms with Gasteiger partial charge in [0.1, 0.15) is 5.82 Å². The SMILES string of the molecule is Cc1cc(=O)n2[nH]c(CC(=O)NCCc3cnc[nH]3)nc2n1.Cl.Cl. The molecule has 24 heavy (non-hydrogen) atoms. The Labute approximate surface area is 149 Å². The molecular weight excluding hydrogens is 357 g/mol. The van der Waals surface area contributed by atoms with Crippen LogP contribution in [0.2, 0.25) is 0 Å². The third kappa shape index (κ3) is 4.56. The van der Waals surface area contributed by atoms with E-state index in [1.165, 1.54) is 10.6 Å². The number of carbonyl (C=O) groups excluding carboxylic acids is 1. The summed E-state index contributed by atoms with van der Waals surface area (Å²) in [5, 5.41) is 5.56. The number of aromatic nitrogens is 6. The number of aryl methyl sites for hydroxylation is 1. The van der Waals surface area contributed by atoms with Crippen molar-refractivity contribution >= 4 is 36.5 Å². The van der Waals surface area contributed by atoms with Crippen LogP contribution in [-0.2, 0) is 17.6 Å². The van der Waals surface area contributed by atoms with Crippen LogP contribution in [0.15, 0.2) is 23.4 Å². The molecular formula is C13H17Cl2N7O2. The zero-order valence-electron chi connectivity index (χ0n) is 12.8. The van der Waals surface area contributed by atoms with Crippen LogP contribution >= 0.6 is 24.8 Å². The molecule has 0 radical (unpaired) electrons. The number of fused-ring (bicyclic) bond motifs is 1. The molecule has 0 bridgehead atoms. The van der Waals surface area contributed by atoms with Gasteiger partial charge in [0.2, 0.25) is 5.91 Å². The Balaban J connectivity index is 0.00000144. The Bertz CT molecular complexity index is 857. The third-order valence-corrected chi connectivity index (χ3v) is 3.10. The molecule has 0 fully saturated rings. The standard InChI is InChI=1S/C13H15N7O2.2ClH/c1-8-4-12(22)20-13(17-8)18-10(19-20)5-11(21)15-3-2-9-6-14-7-16-9;;/h4,6-7H,2-3,5H2,1H3,(H,14,16)(H,15,21)(H,17,18,19);2*1H. The van der Waals surface area contributed by atoms with E-state index in [4.69, 9.17) is 0 Å². The van der Waals surface area contributed by atoms with Gasteiger partial charge in [-0.15, -0.1) is 24.8 Å². The molecule has 0 saturated carbocycles. The largest absolute Gasteiger partial charge is 0.355 e. The van der Waals surface area contributed by atoms with E-state index >= 15 is 0 Å². The van der Waals surface area contributed by atoms with Crippen LogP contribution in [0, 0.1) is 6.92 Å². The molecule has 0 unspecified atom stereocenters. The topological polar surface area (TPSA) is 121 Å². The van der Waals surface area contributed by atoms with Crippen molar-refractivity contribution in [3.8, 4) is 0 Å². The van der Waals surface area contributed by atoms with Gasteiger partial charge in [-0.2, -0.15) is 9.50 Å². The minimum atomic E-state index is -0.249. The van der Waals surface area contributed by atoms with Crippen LogP contribution in [-0.4, -0.2) is 42.0 Å². The number of amides is 1. The fourth-order valence-electron chi connectivity index (χ4n) is 2.09. The van der Waals surface area contributed by atoms with Gasteiger partial charge < -0.3 is 10.3 Å². The molecule has 130 valence electrons. The van der Waals surface area contributed by atoms with Crippen LogP contribution < -0.4 is 10.9 Å². The lowest BCUT2D eigenvalue weighted by atomic mass is 10.3. The van der Waals surface area contributed by atoms with E-state index in [1.54, 1.807) is 19.4 Å². The maximum Gasteiger partial charge on any atom is 0.274 e.